The second-order valence-corrected chi connectivity index (χ2v) is 6.14. The van der Waals surface area contributed by atoms with Crippen molar-refractivity contribution in [1.29, 1.82) is 0 Å². The van der Waals surface area contributed by atoms with Gasteiger partial charge >= 0.3 is 0 Å². The number of aliphatic imine (C=N–C) groups is 1. The number of benzene rings is 1. The Morgan fingerprint density at radius 3 is 2.72 bits per heavy atom. The zero-order valence-corrected chi connectivity index (χ0v) is 15.2. The molecule has 1 saturated heterocycles. The fourth-order valence-corrected chi connectivity index (χ4v) is 2.95. The van der Waals surface area contributed by atoms with Crippen molar-refractivity contribution in [2.75, 3.05) is 33.3 Å². The molecule has 0 aliphatic carbocycles. The topological polar surface area (TPSA) is 48.9 Å². The Morgan fingerprint density at radius 1 is 1.28 bits per heavy atom. The third-order valence-corrected chi connectivity index (χ3v) is 4.31. The minimum absolute atomic E-state index is 0.458. The number of para-hydroxylation sites is 1. The Labute approximate surface area is 151 Å². The summed E-state index contributed by atoms with van der Waals surface area (Å²) in [5, 5.41) is 6.92. The predicted octanol–water partition coefficient (Wildman–Crippen LogP) is 2.57. The highest BCUT2D eigenvalue weighted by Gasteiger charge is 2.19. The number of ether oxygens (including phenoxy) is 1. The van der Waals surface area contributed by atoms with E-state index in [1.165, 1.54) is 0 Å². The molecule has 136 valence electrons. The van der Waals surface area contributed by atoms with E-state index in [1.807, 2.05) is 31.3 Å². The van der Waals surface area contributed by atoms with Crippen LogP contribution >= 0.6 is 0 Å². The van der Waals surface area contributed by atoms with Crippen LogP contribution in [0.1, 0.15) is 18.4 Å². The SMILES string of the molecule is C=CCOc1ccccc1CNC(=NC)NC1CCN(CC=C)CC1. The molecule has 1 aliphatic heterocycles. The molecule has 0 bridgehead atoms. The average molecular weight is 342 g/mol. The molecule has 0 unspecified atom stereocenters. The normalized spacial score (nSPS) is 16.3. The minimum atomic E-state index is 0.458. The third-order valence-electron chi connectivity index (χ3n) is 4.31. The molecule has 0 atom stereocenters. The molecule has 0 amide bonds. The second kappa shape index (κ2) is 10.6. The van der Waals surface area contributed by atoms with Gasteiger partial charge in [0.15, 0.2) is 5.96 Å². The van der Waals surface area contributed by atoms with Crippen LogP contribution in [0.2, 0.25) is 0 Å². The average Bonchev–Trinajstić information content (AvgIpc) is 2.65. The van der Waals surface area contributed by atoms with Crippen molar-refractivity contribution in [3.8, 4) is 5.75 Å². The van der Waals surface area contributed by atoms with Crippen molar-refractivity contribution in [3.05, 3.63) is 55.1 Å². The molecule has 2 rings (SSSR count). The molecule has 2 N–H and O–H groups in total. The standard InChI is InChI=1S/C20H30N4O/c1-4-12-24-13-10-18(11-14-24)23-20(21-3)22-16-17-8-6-7-9-19(17)25-15-5-2/h4-9,18H,1-2,10-16H2,3H3,(H2,21,22,23). The Hall–Kier alpha value is -2.27. The third kappa shape index (κ3) is 6.27. The minimum Gasteiger partial charge on any atom is -0.489 e. The van der Waals surface area contributed by atoms with E-state index in [1.54, 1.807) is 6.08 Å². The van der Waals surface area contributed by atoms with E-state index in [9.17, 15) is 0 Å². The first-order chi connectivity index (χ1) is 12.3. The Bertz CT molecular complexity index is 577. The van der Waals surface area contributed by atoms with Crippen LogP contribution in [-0.4, -0.2) is 50.2 Å². The van der Waals surface area contributed by atoms with Gasteiger partial charge in [0.25, 0.3) is 0 Å². The van der Waals surface area contributed by atoms with Crippen molar-refractivity contribution in [2.24, 2.45) is 4.99 Å². The van der Waals surface area contributed by atoms with Crippen molar-refractivity contribution < 1.29 is 4.74 Å². The van der Waals surface area contributed by atoms with E-state index < -0.39 is 0 Å². The molecule has 5 heteroatoms. The predicted molar refractivity (Wildman–Crippen MR) is 105 cm³/mol. The molecule has 0 aromatic heterocycles. The van der Waals surface area contributed by atoms with Crippen molar-refractivity contribution in [3.63, 3.8) is 0 Å². The fraction of sp³-hybridized carbons (Fsp3) is 0.450. The van der Waals surface area contributed by atoms with Crippen LogP contribution in [0.3, 0.4) is 0 Å². The van der Waals surface area contributed by atoms with Gasteiger partial charge in [-0.3, -0.25) is 9.89 Å². The molecular weight excluding hydrogens is 312 g/mol. The number of piperidine rings is 1. The zero-order valence-electron chi connectivity index (χ0n) is 15.2. The lowest BCUT2D eigenvalue weighted by Gasteiger charge is -2.32. The number of nitrogens with zero attached hydrogens (tertiary/aromatic N) is 2. The van der Waals surface area contributed by atoms with Gasteiger partial charge in [-0.15, -0.1) is 6.58 Å². The Morgan fingerprint density at radius 2 is 2.04 bits per heavy atom. The maximum Gasteiger partial charge on any atom is 0.191 e. The molecule has 1 fully saturated rings. The lowest BCUT2D eigenvalue weighted by Crippen LogP contribution is -2.48. The van der Waals surface area contributed by atoms with Gasteiger partial charge in [-0.05, 0) is 18.9 Å². The van der Waals surface area contributed by atoms with Crippen LogP contribution < -0.4 is 15.4 Å². The smallest absolute Gasteiger partial charge is 0.191 e. The van der Waals surface area contributed by atoms with E-state index in [0.717, 1.165) is 49.7 Å². The summed E-state index contributed by atoms with van der Waals surface area (Å²) >= 11 is 0. The maximum atomic E-state index is 5.71. The van der Waals surface area contributed by atoms with Crippen LogP contribution in [0, 0.1) is 0 Å². The molecule has 1 aliphatic rings. The van der Waals surface area contributed by atoms with Crippen LogP contribution in [-0.2, 0) is 6.54 Å². The molecular formula is C20H30N4O. The molecule has 0 radical (unpaired) electrons. The summed E-state index contributed by atoms with van der Waals surface area (Å²) in [7, 11) is 1.81. The van der Waals surface area contributed by atoms with Gasteiger partial charge in [0.1, 0.15) is 12.4 Å². The highest BCUT2D eigenvalue weighted by Crippen LogP contribution is 2.17. The fourth-order valence-electron chi connectivity index (χ4n) is 2.95. The van der Waals surface area contributed by atoms with Crippen LogP contribution in [0.15, 0.2) is 54.6 Å². The van der Waals surface area contributed by atoms with Gasteiger partial charge in [0, 0.05) is 44.8 Å². The van der Waals surface area contributed by atoms with Gasteiger partial charge < -0.3 is 15.4 Å². The van der Waals surface area contributed by atoms with Gasteiger partial charge in [-0.2, -0.15) is 0 Å². The molecule has 5 nitrogen and oxygen atoms in total. The lowest BCUT2D eigenvalue weighted by molar-refractivity contribution is 0.225. The van der Waals surface area contributed by atoms with Gasteiger partial charge in [0.2, 0.25) is 0 Å². The van der Waals surface area contributed by atoms with Gasteiger partial charge in [-0.1, -0.05) is 36.9 Å². The number of guanidine groups is 1. The molecule has 1 aromatic carbocycles. The van der Waals surface area contributed by atoms with Crippen molar-refractivity contribution in [1.82, 2.24) is 15.5 Å². The summed E-state index contributed by atoms with van der Waals surface area (Å²) in [5.74, 6) is 1.71. The van der Waals surface area contributed by atoms with Crippen LogP contribution in [0.5, 0.6) is 5.75 Å². The first kappa shape index (κ1) is 19.1. The maximum absolute atomic E-state index is 5.71. The van der Waals surface area contributed by atoms with E-state index >= 15 is 0 Å². The summed E-state index contributed by atoms with van der Waals surface area (Å²) in [5.41, 5.74) is 1.10. The van der Waals surface area contributed by atoms with Gasteiger partial charge in [0.05, 0.1) is 0 Å². The zero-order chi connectivity index (χ0) is 17.9. The van der Waals surface area contributed by atoms with Gasteiger partial charge in [-0.25, -0.2) is 0 Å². The molecule has 0 spiro atoms. The summed E-state index contributed by atoms with van der Waals surface area (Å²) in [6.07, 6.45) is 5.96. The largest absolute Gasteiger partial charge is 0.489 e. The first-order valence-corrected chi connectivity index (χ1v) is 8.88. The first-order valence-electron chi connectivity index (χ1n) is 8.88. The van der Waals surface area contributed by atoms with E-state index in [4.69, 9.17) is 4.74 Å². The van der Waals surface area contributed by atoms with E-state index in [0.29, 0.717) is 19.2 Å². The Kier molecular flexibility index (Phi) is 8.05. The number of rotatable bonds is 8. The van der Waals surface area contributed by atoms with Crippen LogP contribution in [0.25, 0.3) is 0 Å². The van der Waals surface area contributed by atoms with E-state index in [2.05, 4.69) is 39.8 Å². The number of likely N-dealkylation sites (tertiary alicyclic amines) is 1. The molecule has 1 aromatic rings. The summed E-state index contributed by atoms with van der Waals surface area (Å²) in [4.78, 5) is 6.78. The number of nitrogens with one attached hydrogen (secondary N) is 2. The van der Waals surface area contributed by atoms with Crippen LogP contribution in [0.4, 0.5) is 0 Å². The lowest BCUT2D eigenvalue weighted by atomic mass is 10.1. The quantitative estimate of drug-likeness (QED) is 0.433. The molecule has 25 heavy (non-hydrogen) atoms. The van der Waals surface area contributed by atoms with E-state index in [-0.39, 0.29) is 0 Å². The monoisotopic (exact) mass is 342 g/mol. The summed E-state index contributed by atoms with van der Waals surface area (Å²) in [6, 6.07) is 8.49. The summed E-state index contributed by atoms with van der Waals surface area (Å²) in [6.45, 7) is 11.9. The summed E-state index contributed by atoms with van der Waals surface area (Å²) < 4.78 is 5.71. The van der Waals surface area contributed by atoms with Crippen molar-refractivity contribution in [2.45, 2.75) is 25.4 Å². The Balaban J connectivity index is 1.83. The molecule has 1 heterocycles. The molecule has 0 saturated carbocycles. The second-order valence-electron chi connectivity index (χ2n) is 6.14. The highest BCUT2D eigenvalue weighted by molar-refractivity contribution is 5.80. The number of hydrogen-bond acceptors (Lipinski definition) is 3. The number of hydrogen-bond donors (Lipinski definition) is 2. The highest BCUT2D eigenvalue weighted by atomic mass is 16.5. The van der Waals surface area contributed by atoms with Crippen molar-refractivity contribution >= 4 is 5.96 Å².